The molecule has 1 rings (SSSR count). The van der Waals surface area contributed by atoms with Gasteiger partial charge >= 0.3 is 5.97 Å². The average molecular weight is 207 g/mol. The van der Waals surface area contributed by atoms with Crippen LogP contribution in [0.2, 0.25) is 0 Å². The number of benzene rings is 1. The highest BCUT2D eigenvalue weighted by Crippen LogP contribution is 2.16. The number of primary amides is 1. The molecule has 1 aromatic carbocycles. The number of hydrogen-bond acceptors (Lipinski definition) is 3. The van der Waals surface area contributed by atoms with Crippen LogP contribution in [0, 0.1) is 0 Å². The van der Waals surface area contributed by atoms with Gasteiger partial charge in [0.25, 0.3) is 5.91 Å². The largest absolute Gasteiger partial charge is 0.501 e. The second-order valence-electron chi connectivity index (χ2n) is 2.76. The molecular formula is C10H9NO4. The molecule has 0 aliphatic rings. The van der Waals surface area contributed by atoms with Crippen molar-refractivity contribution in [3.05, 3.63) is 41.7 Å². The third kappa shape index (κ3) is 2.34. The summed E-state index contributed by atoms with van der Waals surface area (Å²) in [6.45, 7) is 0. The second-order valence-corrected chi connectivity index (χ2v) is 2.76. The summed E-state index contributed by atoms with van der Waals surface area (Å²) in [6, 6.07) is 7.87. The molecule has 1 amide bonds. The monoisotopic (exact) mass is 207 g/mol. The van der Waals surface area contributed by atoms with Crippen molar-refractivity contribution in [1.82, 2.24) is 0 Å². The molecule has 5 nitrogen and oxygen atoms in total. The van der Waals surface area contributed by atoms with Crippen molar-refractivity contribution >= 4 is 17.4 Å². The fraction of sp³-hybridized carbons (Fsp3) is 0. The molecule has 0 unspecified atom stereocenters. The molecule has 0 aromatic heterocycles. The van der Waals surface area contributed by atoms with E-state index in [4.69, 9.17) is 10.8 Å². The minimum atomic E-state index is -1.59. The summed E-state index contributed by atoms with van der Waals surface area (Å²) in [7, 11) is 0. The number of aliphatic hydroxyl groups is 1. The maximum absolute atomic E-state index is 11.0. The Morgan fingerprint density at radius 2 is 1.60 bits per heavy atom. The van der Waals surface area contributed by atoms with E-state index < -0.39 is 23.2 Å². The van der Waals surface area contributed by atoms with Crippen molar-refractivity contribution in [2.24, 2.45) is 5.73 Å². The highest BCUT2D eigenvalue weighted by atomic mass is 16.4. The van der Waals surface area contributed by atoms with Crippen LogP contribution in [0.3, 0.4) is 0 Å². The Kier molecular flexibility index (Phi) is 3.07. The Morgan fingerprint density at radius 3 is 2.00 bits per heavy atom. The van der Waals surface area contributed by atoms with Crippen LogP contribution < -0.4 is 5.73 Å². The topological polar surface area (TPSA) is 101 Å². The van der Waals surface area contributed by atoms with E-state index in [-0.39, 0.29) is 5.56 Å². The van der Waals surface area contributed by atoms with Crippen LogP contribution in [-0.2, 0) is 9.59 Å². The summed E-state index contributed by atoms with van der Waals surface area (Å²) in [5.74, 6) is -3.62. The van der Waals surface area contributed by atoms with E-state index in [0.717, 1.165) is 0 Å². The zero-order chi connectivity index (χ0) is 11.4. The number of amides is 1. The van der Waals surface area contributed by atoms with Gasteiger partial charge in [-0.3, -0.25) is 4.79 Å². The molecule has 0 fully saturated rings. The van der Waals surface area contributed by atoms with E-state index in [2.05, 4.69) is 0 Å². The van der Waals surface area contributed by atoms with Gasteiger partial charge in [0.15, 0.2) is 0 Å². The lowest BCUT2D eigenvalue weighted by atomic mass is 10.0. The Hall–Kier alpha value is -2.30. The third-order valence-corrected chi connectivity index (χ3v) is 1.75. The Balaban J connectivity index is 3.34. The van der Waals surface area contributed by atoms with Crippen molar-refractivity contribution in [1.29, 1.82) is 0 Å². The maximum Gasteiger partial charge on any atom is 0.371 e. The van der Waals surface area contributed by atoms with Gasteiger partial charge in [-0.25, -0.2) is 4.79 Å². The van der Waals surface area contributed by atoms with Gasteiger partial charge in [0.1, 0.15) is 0 Å². The number of aliphatic hydroxyl groups excluding tert-OH is 1. The quantitative estimate of drug-likeness (QED) is 0.497. The van der Waals surface area contributed by atoms with E-state index in [9.17, 15) is 14.7 Å². The summed E-state index contributed by atoms with van der Waals surface area (Å²) < 4.78 is 0. The van der Waals surface area contributed by atoms with Crippen LogP contribution in [0.15, 0.2) is 36.1 Å². The van der Waals surface area contributed by atoms with E-state index in [1.54, 1.807) is 18.2 Å². The average Bonchev–Trinajstić information content (AvgIpc) is 2.18. The van der Waals surface area contributed by atoms with Gasteiger partial charge in [-0.2, -0.15) is 0 Å². The molecule has 5 heteroatoms. The number of hydrogen-bond donors (Lipinski definition) is 3. The molecule has 0 heterocycles. The lowest BCUT2D eigenvalue weighted by Crippen LogP contribution is -2.17. The first-order chi connectivity index (χ1) is 7.04. The summed E-state index contributed by atoms with van der Waals surface area (Å²) in [5, 5.41) is 17.7. The molecule has 15 heavy (non-hydrogen) atoms. The van der Waals surface area contributed by atoms with Gasteiger partial charge in [-0.15, -0.1) is 0 Å². The molecule has 0 aliphatic heterocycles. The fourth-order valence-corrected chi connectivity index (χ4v) is 1.11. The van der Waals surface area contributed by atoms with E-state index in [1.165, 1.54) is 12.1 Å². The lowest BCUT2D eigenvalue weighted by Gasteiger charge is -2.04. The number of carbonyl (C=O) groups is 2. The van der Waals surface area contributed by atoms with Gasteiger partial charge in [0, 0.05) is 0 Å². The van der Waals surface area contributed by atoms with E-state index >= 15 is 0 Å². The standard InChI is InChI=1S/C10H9NO4/c11-9(13)7(8(12)10(14)15)6-4-2-1-3-5-6/h1-5,12H,(H2,11,13)(H,14,15)/b8-7+. The molecule has 78 valence electrons. The van der Waals surface area contributed by atoms with Gasteiger partial charge in [-0.05, 0) is 5.56 Å². The van der Waals surface area contributed by atoms with Crippen molar-refractivity contribution in [2.75, 3.05) is 0 Å². The number of nitrogens with two attached hydrogens (primary N) is 1. The van der Waals surface area contributed by atoms with Gasteiger partial charge in [0.05, 0.1) is 5.57 Å². The molecule has 0 saturated carbocycles. The summed E-state index contributed by atoms with van der Waals surface area (Å²) in [4.78, 5) is 21.5. The van der Waals surface area contributed by atoms with E-state index in [1.807, 2.05) is 0 Å². The van der Waals surface area contributed by atoms with Crippen molar-refractivity contribution < 1.29 is 19.8 Å². The van der Waals surface area contributed by atoms with Crippen LogP contribution in [0.5, 0.6) is 0 Å². The number of carbonyl (C=O) groups excluding carboxylic acids is 1. The van der Waals surface area contributed by atoms with Gasteiger partial charge in [-0.1, -0.05) is 30.3 Å². The Labute approximate surface area is 85.5 Å². The van der Waals surface area contributed by atoms with Crippen molar-refractivity contribution in [2.45, 2.75) is 0 Å². The fourth-order valence-electron chi connectivity index (χ4n) is 1.11. The van der Waals surface area contributed by atoms with Crippen LogP contribution in [-0.4, -0.2) is 22.1 Å². The van der Waals surface area contributed by atoms with Gasteiger partial charge < -0.3 is 15.9 Å². The maximum atomic E-state index is 11.0. The van der Waals surface area contributed by atoms with Crippen molar-refractivity contribution in [3.8, 4) is 0 Å². The summed E-state index contributed by atoms with van der Waals surface area (Å²) in [5.41, 5.74) is 4.86. The molecule has 0 aliphatic carbocycles. The number of carboxylic acid groups (broad SMARTS) is 1. The molecular weight excluding hydrogens is 198 g/mol. The van der Waals surface area contributed by atoms with E-state index in [0.29, 0.717) is 0 Å². The molecule has 0 saturated heterocycles. The smallest absolute Gasteiger partial charge is 0.371 e. The highest BCUT2D eigenvalue weighted by molar-refractivity contribution is 6.23. The second kappa shape index (κ2) is 4.28. The highest BCUT2D eigenvalue weighted by Gasteiger charge is 2.19. The normalized spacial score (nSPS) is 11.7. The minimum Gasteiger partial charge on any atom is -0.501 e. The van der Waals surface area contributed by atoms with Crippen LogP contribution in [0.25, 0.3) is 5.57 Å². The SMILES string of the molecule is NC(=O)/C(=C(/O)C(=O)O)c1ccccc1. The van der Waals surface area contributed by atoms with Crippen LogP contribution >= 0.6 is 0 Å². The number of carboxylic acids is 1. The minimum absolute atomic E-state index is 0.268. The molecule has 4 N–H and O–H groups in total. The van der Waals surface area contributed by atoms with Crippen LogP contribution in [0.1, 0.15) is 5.56 Å². The van der Waals surface area contributed by atoms with Crippen molar-refractivity contribution in [3.63, 3.8) is 0 Å². The first-order valence-electron chi connectivity index (χ1n) is 4.05. The van der Waals surface area contributed by atoms with Gasteiger partial charge in [0.2, 0.25) is 5.76 Å². The van der Waals surface area contributed by atoms with Crippen LogP contribution in [0.4, 0.5) is 0 Å². The lowest BCUT2D eigenvalue weighted by molar-refractivity contribution is -0.135. The molecule has 0 spiro atoms. The Bertz CT molecular complexity index is 422. The molecule has 0 atom stereocenters. The summed E-state index contributed by atoms with van der Waals surface area (Å²) in [6.07, 6.45) is 0. The first-order valence-corrected chi connectivity index (χ1v) is 4.05. The predicted molar refractivity (Wildman–Crippen MR) is 52.8 cm³/mol. The zero-order valence-electron chi connectivity index (χ0n) is 7.68. The molecule has 1 aromatic rings. The molecule has 0 bridgehead atoms. The number of rotatable bonds is 3. The predicted octanol–water partition coefficient (Wildman–Crippen LogP) is 0.526. The molecule has 0 radical (unpaired) electrons. The first kappa shape index (κ1) is 10.8. The third-order valence-electron chi connectivity index (χ3n) is 1.75. The zero-order valence-corrected chi connectivity index (χ0v) is 7.68. The number of aliphatic carboxylic acids is 1. The Morgan fingerprint density at radius 1 is 1.07 bits per heavy atom. The summed E-state index contributed by atoms with van der Waals surface area (Å²) >= 11 is 0.